The van der Waals surface area contributed by atoms with Crippen molar-refractivity contribution in [2.45, 2.75) is 38.7 Å². The van der Waals surface area contributed by atoms with Gasteiger partial charge in [0.2, 0.25) is 5.91 Å². The van der Waals surface area contributed by atoms with Gasteiger partial charge >= 0.3 is 6.03 Å². The summed E-state index contributed by atoms with van der Waals surface area (Å²) in [6, 6.07) is 7.28. The number of anilines is 2. The Balaban J connectivity index is 1.38. The Labute approximate surface area is 188 Å². The van der Waals surface area contributed by atoms with Gasteiger partial charge in [0.25, 0.3) is 0 Å². The molecule has 2 fully saturated rings. The number of ether oxygens (including phenoxy) is 1. The molecule has 2 saturated heterocycles. The van der Waals surface area contributed by atoms with E-state index >= 15 is 0 Å². The van der Waals surface area contributed by atoms with Crippen molar-refractivity contribution in [1.82, 2.24) is 14.7 Å². The predicted octanol–water partition coefficient (Wildman–Crippen LogP) is 2.50. The van der Waals surface area contributed by atoms with E-state index in [0.29, 0.717) is 44.7 Å². The Morgan fingerprint density at radius 3 is 2.66 bits per heavy atom. The number of aromatic nitrogens is 2. The van der Waals surface area contributed by atoms with E-state index in [1.165, 1.54) is 10.9 Å². The number of likely N-dealkylation sites (tertiary alicyclic amines) is 1. The average molecular weight is 460 g/mol. The van der Waals surface area contributed by atoms with Crippen molar-refractivity contribution >= 4 is 39.0 Å². The van der Waals surface area contributed by atoms with Crippen LogP contribution in [-0.2, 0) is 14.5 Å². The standard InChI is InChI=1S/C22H29N5O4S/c1-16-6-7-19(18(15-16)26-11-4-5-21(26)28)31-17-8-12-25(13-9-17)22(29)27-14-10-20(23-27)24-32(2,3)30/h6-7,10,14-15,17H,2,4-5,8-9,11-13H2,1,3H3,(H,23,24,30). The molecule has 0 saturated carbocycles. The topological polar surface area (TPSA) is 96.8 Å². The molecule has 0 bridgehead atoms. The van der Waals surface area contributed by atoms with Gasteiger partial charge in [-0.15, -0.1) is 5.10 Å². The third-order valence-electron chi connectivity index (χ3n) is 5.59. The lowest BCUT2D eigenvalue weighted by atomic mass is 10.1. The van der Waals surface area contributed by atoms with Crippen LogP contribution in [0.25, 0.3) is 0 Å². The van der Waals surface area contributed by atoms with Crippen LogP contribution >= 0.6 is 0 Å². The number of carbonyl (C=O) groups is 2. The molecule has 1 unspecified atom stereocenters. The van der Waals surface area contributed by atoms with E-state index in [2.05, 4.69) is 15.7 Å². The molecule has 9 nitrogen and oxygen atoms in total. The summed E-state index contributed by atoms with van der Waals surface area (Å²) >= 11 is 0. The minimum Gasteiger partial charge on any atom is -0.488 e. The summed E-state index contributed by atoms with van der Waals surface area (Å²) in [4.78, 5) is 28.6. The van der Waals surface area contributed by atoms with Gasteiger partial charge in [0, 0.05) is 67.1 Å². The van der Waals surface area contributed by atoms with Gasteiger partial charge in [-0.1, -0.05) is 6.07 Å². The number of aryl methyl sites for hydroxylation is 1. The molecule has 0 radical (unpaired) electrons. The Kier molecular flexibility index (Phi) is 6.14. The fraction of sp³-hybridized carbons (Fsp3) is 0.455. The van der Waals surface area contributed by atoms with Gasteiger partial charge in [-0.3, -0.25) is 9.52 Å². The van der Waals surface area contributed by atoms with Crippen LogP contribution in [0.15, 0.2) is 30.5 Å². The van der Waals surface area contributed by atoms with Crippen LogP contribution < -0.4 is 14.4 Å². The molecular weight excluding hydrogens is 430 g/mol. The molecule has 3 heterocycles. The minimum absolute atomic E-state index is 0.0380. The van der Waals surface area contributed by atoms with Crippen molar-refractivity contribution in [3.05, 3.63) is 36.0 Å². The number of piperidine rings is 1. The fourth-order valence-corrected chi connectivity index (χ4v) is 4.59. The molecule has 2 aromatic rings. The second kappa shape index (κ2) is 8.85. The summed E-state index contributed by atoms with van der Waals surface area (Å²) in [5, 5.41) is 4.16. The number of carbonyl (C=O) groups excluding carboxylic acids is 2. The highest BCUT2D eigenvalue weighted by molar-refractivity contribution is 8.00. The molecule has 2 aliphatic heterocycles. The maximum Gasteiger partial charge on any atom is 0.344 e. The highest BCUT2D eigenvalue weighted by Crippen LogP contribution is 2.34. The number of nitrogens with one attached hydrogen (secondary N) is 1. The molecule has 1 aromatic carbocycles. The van der Waals surface area contributed by atoms with Crippen molar-refractivity contribution in [2.75, 3.05) is 35.5 Å². The van der Waals surface area contributed by atoms with Crippen LogP contribution in [0, 0.1) is 6.92 Å². The zero-order valence-corrected chi connectivity index (χ0v) is 19.3. The maximum atomic E-state index is 12.8. The van der Waals surface area contributed by atoms with Crippen LogP contribution in [0.4, 0.5) is 16.3 Å². The molecule has 1 aromatic heterocycles. The SMILES string of the molecule is C=S(C)(=O)Nc1ccn(C(=O)N2CCC(Oc3ccc(C)cc3N3CCCC3=O)CC2)n1. The van der Waals surface area contributed by atoms with E-state index in [4.69, 9.17) is 4.74 Å². The zero-order chi connectivity index (χ0) is 22.9. The van der Waals surface area contributed by atoms with Gasteiger partial charge < -0.3 is 14.5 Å². The van der Waals surface area contributed by atoms with E-state index in [1.54, 1.807) is 17.2 Å². The van der Waals surface area contributed by atoms with E-state index in [9.17, 15) is 13.8 Å². The molecule has 2 aliphatic rings. The molecule has 0 spiro atoms. The van der Waals surface area contributed by atoms with Gasteiger partial charge in [0.15, 0.2) is 5.82 Å². The number of hydrogen-bond donors (Lipinski definition) is 1. The summed E-state index contributed by atoms with van der Waals surface area (Å²) in [6.45, 7) is 3.79. The lowest BCUT2D eigenvalue weighted by Gasteiger charge is -2.32. The normalized spacial score (nSPS) is 19.1. The molecule has 10 heteroatoms. The molecule has 4 rings (SSSR count). The van der Waals surface area contributed by atoms with Crippen molar-refractivity contribution in [3.8, 4) is 5.75 Å². The molecular formula is C22H29N5O4S. The fourth-order valence-electron chi connectivity index (χ4n) is 4.04. The number of amides is 2. The third kappa shape index (κ3) is 5.07. The Morgan fingerprint density at radius 1 is 1.25 bits per heavy atom. The van der Waals surface area contributed by atoms with Crippen molar-refractivity contribution in [3.63, 3.8) is 0 Å². The number of nitrogens with zero attached hydrogens (tertiary/aromatic N) is 4. The Morgan fingerprint density at radius 2 is 2.00 bits per heavy atom. The maximum absolute atomic E-state index is 12.8. The average Bonchev–Trinajstić information content (AvgIpc) is 3.37. The van der Waals surface area contributed by atoms with Gasteiger partial charge in [-0.25, -0.2) is 9.00 Å². The molecule has 32 heavy (non-hydrogen) atoms. The van der Waals surface area contributed by atoms with Gasteiger partial charge in [-0.2, -0.15) is 4.68 Å². The van der Waals surface area contributed by atoms with Gasteiger partial charge in [-0.05, 0) is 36.9 Å². The summed E-state index contributed by atoms with van der Waals surface area (Å²) in [6.07, 6.45) is 5.78. The number of hydrogen-bond acceptors (Lipinski definition) is 5. The summed E-state index contributed by atoms with van der Waals surface area (Å²) in [5.74, 6) is 4.73. The molecule has 2 amide bonds. The van der Waals surface area contributed by atoms with E-state index < -0.39 is 9.71 Å². The molecule has 172 valence electrons. The molecule has 1 N–H and O–H groups in total. The van der Waals surface area contributed by atoms with Crippen LogP contribution in [0.5, 0.6) is 5.75 Å². The Hall–Kier alpha value is -3.01. The largest absolute Gasteiger partial charge is 0.488 e. The molecule has 0 aliphatic carbocycles. The van der Waals surface area contributed by atoms with Crippen LogP contribution in [0.2, 0.25) is 0 Å². The second-order valence-corrected chi connectivity index (χ2v) is 10.7. The van der Waals surface area contributed by atoms with Crippen molar-refractivity contribution in [2.24, 2.45) is 0 Å². The summed E-state index contributed by atoms with van der Waals surface area (Å²) < 4.78 is 22.0. The van der Waals surface area contributed by atoms with E-state index in [1.807, 2.05) is 30.0 Å². The number of benzene rings is 1. The Bertz CT molecular complexity index is 1120. The van der Waals surface area contributed by atoms with Crippen molar-refractivity contribution < 1.29 is 18.5 Å². The highest BCUT2D eigenvalue weighted by Gasteiger charge is 2.28. The first kappa shape index (κ1) is 22.2. The van der Waals surface area contributed by atoms with E-state index in [-0.39, 0.29) is 18.0 Å². The predicted molar refractivity (Wildman–Crippen MR) is 126 cm³/mol. The van der Waals surface area contributed by atoms with E-state index in [0.717, 1.165) is 23.4 Å². The first-order valence-electron chi connectivity index (χ1n) is 10.7. The van der Waals surface area contributed by atoms with Crippen LogP contribution in [0.3, 0.4) is 0 Å². The highest BCUT2D eigenvalue weighted by atomic mass is 32.2. The third-order valence-corrected chi connectivity index (χ3v) is 6.23. The van der Waals surface area contributed by atoms with Crippen LogP contribution in [0.1, 0.15) is 31.2 Å². The lowest BCUT2D eigenvalue weighted by molar-refractivity contribution is -0.117. The lowest BCUT2D eigenvalue weighted by Crippen LogP contribution is -2.43. The molecule has 1 atom stereocenters. The van der Waals surface area contributed by atoms with Gasteiger partial charge in [0.05, 0.1) is 5.69 Å². The quantitative estimate of drug-likeness (QED) is 0.693. The summed E-state index contributed by atoms with van der Waals surface area (Å²) in [5.41, 5.74) is 1.92. The first-order chi connectivity index (χ1) is 15.2. The summed E-state index contributed by atoms with van der Waals surface area (Å²) in [7, 11) is -2.46. The number of rotatable bonds is 5. The minimum atomic E-state index is -2.46. The second-order valence-electron chi connectivity index (χ2n) is 8.46. The van der Waals surface area contributed by atoms with Crippen LogP contribution in [-0.4, -0.2) is 68.7 Å². The smallest absolute Gasteiger partial charge is 0.344 e. The van der Waals surface area contributed by atoms with Gasteiger partial charge in [0.1, 0.15) is 11.9 Å². The first-order valence-corrected chi connectivity index (χ1v) is 12.9. The zero-order valence-electron chi connectivity index (χ0n) is 18.5. The monoisotopic (exact) mass is 459 g/mol. The van der Waals surface area contributed by atoms with Crippen molar-refractivity contribution in [1.29, 1.82) is 0 Å².